The van der Waals surface area contributed by atoms with Gasteiger partial charge in [0, 0.05) is 31.8 Å². The van der Waals surface area contributed by atoms with Gasteiger partial charge in [-0.05, 0) is 26.3 Å². The Morgan fingerprint density at radius 3 is 2.57 bits per heavy atom. The molecule has 1 atom stereocenters. The normalized spacial score (nSPS) is 15.4. The monoisotopic (exact) mass is 203 g/mol. The minimum atomic E-state index is 0.0333. The van der Waals surface area contributed by atoms with E-state index in [1.165, 1.54) is 0 Å². The molecule has 0 radical (unpaired) electrons. The first-order chi connectivity index (χ1) is 6.68. The predicted molar refractivity (Wildman–Crippen MR) is 59.5 cm³/mol. The zero-order valence-electron chi connectivity index (χ0n) is 9.81. The number of hydrogen-bond acceptors (Lipinski definition) is 3. The van der Waals surface area contributed by atoms with E-state index in [1.54, 1.807) is 0 Å². The molecule has 3 nitrogen and oxygen atoms in total. The number of aliphatic hydroxyl groups excluding tert-OH is 1. The Labute approximate surface area is 87.8 Å². The fourth-order valence-electron chi connectivity index (χ4n) is 1.13. The summed E-state index contributed by atoms with van der Waals surface area (Å²) in [6.07, 6.45) is 2.04. The summed E-state index contributed by atoms with van der Waals surface area (Å²) in [6, 6.07) is 0. The molecule has 0 aromatic carbocycles. The van der Waals surface area contributed by atoms with Gasteiger partial charge in [0.15, 0.2) is 0 Å². The molecular weight excluding hydrogens is 178 g/mol. The second-order valence-electron chi connectivity index (χ2n) is 4.05. The molecule has 0 spiro atoms. The van der Waals surface area contributed by atoms with Gasteiger partial charge in [-0.3, -0.25) is 0 Å². The lowest BCUT2D eigenvalue weighted by Crippen LogP contribution is -2.35. The van der Waals surface area contributed by atoms with Crippen molar-refractivity contribution in [3.8, 4) is 0 Å². The molecule has 0 amide bonds. The summed E-state index contributed by atoms with van der Waals surface area (Å²) in [5.74, 6) is 0. The zero-order valence-corrected chi connectivity index (χ0v) is 9.81. The van der Waals surface area contributed by atoms with Crippen molar-refractivity contribution in [2.75, 3.05) is 32.9 Å². The molecule has 0 aliphatic rings. The summed E-state index contributed by atoms with van der Waals surface area (Å²) < 4.78 is 5.23. The van der Waals surface area contributed by atoms with Crippen LogP contribution >= 0.6 is 0 Å². The van der Waals surface area contributed by atoms with Crippen LogP contribution in [-0.4, -0.2) is 38.0 Å². The van der Waals surface area contributed by atoms with Crippen molar-refractivity contribution < 1.29 is 9.84 Å². The molecular formula is C11H25NO2. The molecule has 0 bridgehead atoms. The first-order valence-electron chi connectivity index (χ1n) is 5.58. The Morgan fingerprint density at radius 2 is 2.07 bits per heavy atom. The van der Waals surface area contributed by atoms with Gasteiger partial charge in [-0.2, -0.15) is 0 Å². The number of aliphatic hydroxyl groups is 1. The molecule has 1 unspecified atom stereocenters. The molecule has 3 heteroatoms. The third-order valence-electron chi connectivity index (χ3n) is 2.63. The lowest BCUT2D eigenvalue weighted by Gasteiger charge is -2.25. The number of ether oxygens (including phenoxy) is 1. The first-order valence-corrected chi connectivity index (χ1v) is 5.58. The third kappa shape index (κ3) is 6.35. The SMILES string of the molecule is CCOCCCNCC(C)(CC)CO. The van der Waals surface area contributed by atoms with Crippen LogP contribution in [0.5, 0.6) is 0 Å². The molecule has 0 saturated heterocycles. The Bertz CT molecular complexity index is 124. The average Bonchev–Trinajstić information content (AvgIpc) is 2.23. The Kier molecular flexibility index (Phi) is 8.14. The van der Waals surface area contributed by atoms with E-state index in [9.17, 15) is 0 Å². The highest BCUT2D eigenvalue weighted by Crippen LogP contribution is 2.17. The van der Waals surface area contributed by atoms with Crippen LogP contribution in [0.3, 0.4) is 0 Å². The maximum absolute atomic E-state index is 9.16. The van der Waals surface area contributed by atoms with Gasteiger partial charge in [0.05, 0.1) is 0 Å². The fraction of sp³-hybridized carbons (Fsp3) is 1.00. The zero-order chi connectivity index (χ0) is 10.9. The second-order valence-corrected chi connectivity index (χ2v) is 4.05. The molecule has 0 saturated carbocycles. The molecule has 0 fully saturated rings. The van der Waals surface area contributed by atoms with Crippen LogP contribution in [0.1, 0.15) is 33.6 Å². The fourth-order valence-corrected chi connectivity index (χ4v) is 1.13. The van der Waals surface area contributed by atoms with Crippen LogP contribution < -0.4 is 5.32 Å². The van der Waals surface area contributed by atoms with Gasteiger partial charge >= 0.3 is 0 Å². The number of rotatable bonds is 9. The Morgan fingerprint density at radius 1 is 1.36 bits per heavy atom. The standard InChI is InChI=1S/C11H25NO2/c1-4-11(3,10-13)9-12-7-6-8-14-5-2/h12-13H,4-10H2,1-3H3. The van der Waals surface area contributed by atoms with Gasteiger partial charge in [0.25, 0.3) is 0 Å². The number of nitrogens with one attached hydrogen (secondary N) is 1. The highest BCUT2D eigenvalue weighted by atomic mass is 16.5. The number of hydrogen-bond donors (Lipinski definition) is 2. The van der Waals surface area contributed by atoms with E-state index in [1.807, 2.05) is 6.92 Å². The van der Waals surface area contributed by atoms with Crippen molar-refractivity contribution in [2.24, 2.45) is 5.41 Å². The van der Waals surface area contributed by atoms with Crippen LogP contribution in [0.25, 0.3) is 0 Å². The summed E-state index contributed by atoms with van der Waals surface area (Å²) in [4.78, 5) is 0. The van der Waals surface area contributed by atoms with Crippen molar-refractivity contribution in [3.05, 3.63) is 0 Å². The summed E-state index contributed by atoms with van der Waals surface area (Å²) >= 11 is 0. The van der Waals surface area contributed by atoms with Crippen LogP contribution in [0, 0.1) is 5.41 Å². The maximum atomic E-state index is 9.16. The van der Waals surface area contributed by atoms with Gasteiger partial charge in [0.2, 0.25) is 0 Å². The van der Waals surface area contributed by atoms with Crippen LogP contribution in [0.4, 0.5) is 0 Å². The molecule has 0 heterocycles. The molecule has 0 aromatic heterocycles. The van der Waals surface area contributed by atoms with E-state index >= 15 is 0 Å². The smallest absolute Gasteiger partial charge is 0.0496 e. The molecule has 14 heavy (non-hydrogen) atoms. The van der Waals surface area contributed by atoms with E-state index in [-0.39, 0.29) is 12.0 Å². The molecule has 0 aromatic rings. The van der Waals surface area contributed by atoms with Crippen LogP contribution in [-0.2, 0) is 4.74 Å². The average molecular weight is 203 g/mol. The molecule has 86 valence electrons. The second kappa shape index (κ2) is 8.21. The van der Waals surface area contributed by atoms with Gasteiger partial charge in [0.1, 0.15) is 0 Å². The van der Waals surface area contributed by atoms with Crippen molar-refractivity contribution in [3.63, 3.8) is 0 Å². The molecule has 2 N–H and O–H groups in total. The van der Waals surface area contributed by atoms with Crippen molar-refractivity contribution in [1.82, 2.24) is 5.32 Å². The van der Waals surface area contributed by atoms with Gasteiger partial charge < -0.3 is 15.2 Å². The van der Waals surface area contributed by atoms with Crippen LogP contribution in [0.2, 0.25) is 0 Å². The Balaban J connectivity index is 3.34. The Hall–Kier alpha value is -0.120. The minimum Gasteiger partial charge on any atom is -0.396 e. The van der Waals surface area contributed by atoms with Gasteiger partial charge in [-0.25, -0.2) is 0 Å². The van der Waals surface area contributed by atoms with Crippen LogP contribution in [0.15, 0.2) is 0 Å². The van der Waals surface area contributed by atoms with Crippen molar-refractivity contribution in [1.29, 1.82) is 0 Å². The topological polar surface area (TPSA) is 41.5 Å². The largest absolute Gasteiger partial charge is 0.396 e. The van der Waals surface area contributed by atoms with E-state index in [4.69, 9.17) is 9.84 Å². The van der Waals surface area contributed by atoms with Crippen molar-refractivity contribution >= 4 is 0 Å². The van der Waals surface area contributed by atoms with E-state index in [2.05, 4.69) is 19.2 Å². The molecule has 0 rings (SSSR count). The summed E-state index contributed by atoms with van der Waals surface area (Å²) in [7, 11) is 0. The summed E-state index contributed by atoms with van der Waals surface area (Å²) in [6.45, 7) is 9.94. The summed E-state index contributed by atoms with van der Waals surface area (Å²) in [5, 5.41) is 12.5. The van der Waals surface area contributed by atoms with Gasteiger partial charge in [-0.15, -0.1) is 0 Å². The first kappa shape index (κ1) is 13.9. The third-order valence-corrected chi connectivity index (χ3v) is 2.63. The quantitative estimate of drug-likeness (QED) is 0.557. The van der Waals surface area contributed by atoms with Gasteiger partial charge in [-0.1, -0.05) is 13.8 Å². The minimum absolute atomic E-state index is 0.0333. The van der Waals surface area contributed by atoms with E-state index in [0.717, 1.165) is 39.1 Å². The predicted octanol–water partition coefficient (Wildman–Crippen LogP) is 1.41. The highest BCUT2D eigenvalue weighted by Gasteiger charge is 2.19. The van der Waals surface area contributed by atoms with E-state index in [0.29, 0.717) is 0 Å². The molecule has 0 aliphatic heterocycles. The maximum Gasteiger partial charge on any atom is 0.0496 e. The van der Waals surface area contributed by atoms with Crippen molar-refractivity contribution in [2.45, 2.75) is 33.6 Å². The summed E-state index contributed by atoms with van der Waals surface area (Å²) in [5.41, 5.74) is 0.0333. The highest BCUT2D eigenvalue weighted by molar-refractivity contribution is 4.73. The lowest BCUT2D eigenvalue weighted by molar-refractivity contribution is 0.128. The lowest BCUT2D eigenvalue weighted by atomic mass is 9.89. The molecule has 0 aliphatic carbocycles. The van der Waals surface area contributed by atoms with E-state index < -0.39 is 0 Å².